The summed E-state index contributed by atoms with van der Waals surface area (Å²) in [5.74, 6) is 0.221. The molecular weight excluding hydrogens is 241 g/mol. The van der Waals surface area contributed by atoms with Crippen LogP contribution in [0, 0.1) is 5.92 Å². The van der Waals surface area contributed by atoms with Gasteiger partial charge < -0.3 is 5.32 Å². The fraction of sp³-hybridized carbons (Fsp3) is 1.00. The van der Waals surface area contributed by atoms with Gasteiger partial charge in [-0.3, -0.25) is 4.90 Å². The van der Waals surface area contributed by atoms with E-state index in [2.05, 4.69) is 5.32 Å². The molecule has 0 saturated heterocycles. The summed E-state index contributed by atoms with van der Waals surface area (Å²) in [5, 5.41) is 3.27. The van der Waals surface area contributed by atoms with Crippen LogP contribution in [0.4, 0.5) is 13.2 Å². The van der Waals surface area contributed by atoms with Gasteiger partial charge in [-0.1, -0.05) is 27.7 Å². The van der Waals surface area contributed by atoms with Gasteiger partial charge in [0.2, 0.25) is 0 Å². The molecule has 1 aliphatic carbocycles. The number of rotatable bonds is 7. The largest absolute Gasteiger partial charge is 0.401 e. The van der Waals surface area contributed by atoms with Crippen molar-refractivity contribution in [3.05, 3.63) is 0 Å². The zero-order valence-electron chi connectivity index (χ0n) is 11.7. The molecule has 5 heteroatoms. The van der Waals surface area contributed by atoms with E-state index in [-0.39, 0.29) is 18.0 Å². The molecule has 1 aliphatic rings. The summed E-state index contributed by atoms with van der Waals surface area (Å²) in [6, 6.07) is 0.396. The quantitative estimate of drug-likeness (QED) is 0.762. The van der Waals surface area contributed by atoms with Crippen molar-refractivity contribution in [1.82, 2.24) is 10.2 Å². The molecule has 2 nitrogen and oxygen atoms in total. The molecule has 1 rings (SSSR count). The zero-order chi connectivity index (χ0) is 13.9. The van der Waals surface area contributed by atoms with Gasteiger partial charge >= 0.3 is 6.18 Å². The van der Waals surface area contributed by atoms with Crippen LogP contribution in [0.1, 0.15) is 40.5 Å². The van der Waals surface area contributed by atoms with E-state index < -0.39 is 12.7 Å². The van der Waals surface area contributed by atoms with Gasteiger partial charge in [-0.15, -0.1) is 0 Å². The highest BCUT2D eigenvalue weighted by Gasteiger charge is 2.41. The monoisotopic (exact) mass is 266 g/mol. The van der Waals surface area contributed by atoms with Crippen LogP contribution in [0.3, 0.4) is 0 Å². The number of hydrogen-bond donors (Lipinski definition) is 1. The van der Waals surface area contributed by atoms with E-state index in [9.17, 15) is 13.2 Å². The van der Waals surface area contributed by atoms with Crippen LogP contribution >= 0.6 is 0 Å². The third-order valence-electron chi connectivity index (χ3n) is 3.31. The molecule has 1 saturated carbocycles. The summed E-state index contributed by atoms with van der Waals surface area (Å²) in [6.45, 7) is 7.88. The first kappa shape index (κ1) is 15.8. The van der Waals surface area contributed by atoms with Gasteiger partial charge in [-0.05, 0) is 18.8 Å². The molecule has 0 aliphatic heterocycles. The predicted octanol–water partition coefficient (Wildman–Crippen LogP) is 3.04. The number of nitrogens with zero attached hydrogens (tertiary/aromatic N) is 1. The highest BCUT2D eigenvalue weighted by molar-refractivity contribution is 4.92. The molecule has 0 bridgehead atoms. The number of nitrogens with one attached hydrogen (secondary N) is 1. The third kappa shape index (κ3) is 5.57. The van der Waals surface area contributed by atoms with Crippen LogP contribution in [0.2, 0.25) is 0 Å². The standard InChI is InChI=1S/C13H25F3N2/c1-9(2)12(7-17-10(3)4)18(11-5-6-11)8-13(14,15)16/h9-12,17H,5-8H2,1-4H3. The first-order valence-electron chi connectivity index (χ1n) is 6.76. The molecule has 0 heterocycles. The second-order valence-corrected chi connectivity index (χ2v) is 5.89. The topological polar surface area (TPSA) is 15.3 Å². The number of alkyl halides is 3. The van der Waals surface area contributed by atoms with E-state index in [0.29, 0.717) is 12.6 Å². The molecule has 18 heavy (non-hydrogen) atoms. The molecule has 0 aromatic carbocycles. The molecule has 0 aromatic heterocycles. The minimum Gasteiger partial charge on any atom is -0.313 e. The Balaban J connectivity index is 2.65. The second-order valence-electron chi connectivity index (χ2n) is 5.89. The van der Waals surface area contributed by atoms with Crippen molar-refractivity contribution in [2.24, 2.45) is 5.92 Å². The van der Waals surface area contributed by atoms with Crippen molar-refractivity contribution in [1.29, 1.82) is 0 Å². The van der Waals surface area contributed by atoms with Crippen molar-refractivity contribution in [2.45, 2.75) is 64.8 Å². The first-order chi connectivity index (χ1) is 8.20. The highest BCUT2D eigenvalue weighted by atomic mass is 19.4. The zero-order valence-corrected chi connectivity index (χ0v) is 11.7. The minimum atomic E-state index is -4.10. The Morgan fingerprint density at radius 2 is 1.72 bits per heavy atom. The SMILES string of the molecule is CC(C)NCC(C(C)C)N(CC(F)(F)F)C1CC1. The van der Waals surface area contributed by atoms with Crippen LogP contribution in [-0.4, -0.2) is 42.3 Å². The summed E-state index contributed by atoms with van der Waals surface area (Å²) >= 11 is 0. The summed E-state index contributed by atoms with van der Waals surface area (Å²) in [4.78, 5) is 1.65. The predicted molar refractivity (Wildman–Crippen MR) is 67.5 cm³/mol. The van der Waals surface area contributed by atoms with E-state index in [0.717, 1.165) is 12.8 Å². The van der Waals surface area contributed by atoms with Crippen molar-refractivity contribution < 1.29 is 13.2 Å². The second kappa shape index (κ2) is 6.24. The van der Waals surface area contributed by atoms with Gasteiger partial charge in [0.25, 0.3) is 0 Å². The van der Waals surface area contributed by atoms with Crippen LogP contribution in [0.5, 0.6) is 0 Å². The van der Waals surface area contributed by atoms with E-state index in [1.807, 2.05) is 27.7 Å². The Kier molecular flexibility index (Phi) is 5.46. The molecule has 108 valence electrons. The normalized spacial score (nSPS) is 19.0. The Morgan fingerprint density at radius 1 is 1.17 bits per heavy atom. The van der Waals surface area contributed by atoms with Gasteiger partial charge in [-0.2, -0.15) is 13.2 Å². The molecule has 1 atom stereocenters. The van der Waals surface area contributed by atoms with Crippen molar-refractivity contribution in [2.75, 3.05) is 13.1 Å². The first-order valence-corrected chi connectivity index (χ1v) is 6.76. The van der Waals surface area contributed by atoms with Crippen LogP contribution in [0.15, 0.2) is 0 Å². The minimum absolute atomic E-state index is 0.0403. The maximum atomic E-state index is 12.7. The van der Waals surface area contributed by atoms with Gasteiger partial charge in [-0.25, -0.2) is 0 Å². The molecule has 0 aromatic rings. The molecule has 0 amide bonds. The summed E-state index contributed by atoms with van der Waals surface area (Å²) in [7, 11) is 0. The lowest BCUT2D eigenvalue weighted by atomic mass is 10.0. The average molecular weight is 266 g/mol. The summed E-state index contributed by atoms with van der Waals surface area (Å²) in [5.41, 5.74) is 0. The molecule has 1 unspecified atom stereocenters. The Bertz CT molecular complexity index is 247. The van der Waals surface area contributed by atoms with Crippen LogP contribution < -0.4 is 5.32 Å². The summed E-state index contributed by atoms with van der Waals surface area (Å²) < 4.78 is 38.0. The molecule has 0 radical (unpaired) electrons. The maximum Gasteiger partial charge on any atom is 0.401 e. The molecular formula is C13H25F3N2. The number of hydrogen-bond acceptors (Lipinski definition) is 2. The Hall–Kier alpha value is -0.290. The Labute approximate surface area is 108 Å². The van der Waals surface area contributed by atoms with Crippen LogP contribution in [-0.2, 0) is 0 Å². The van der Waals surface area contributed by atoms with Crippen molar-refractivity contribution in [3.63, 3.8) is 0 Å². The van der Waals surface area contributed by atoms with E-state index >= 15 is 0 Å². The van der Waals surface area contributed by atoms with E-state index in [1.165, 1.54) is 0 Å². The van der Waals surface area contributed by atoms with E-state index in [1.54, 1.807) is 4.90 Å². The Morgan fingerprint density at radius 3 is 2.06 bits per heavy atom. The fourth-order valence-electron chi connectivity index (χ4n) is 2.22. The molecule has 0 spiro atoms. The maximum absolute atomic E-state index is 12.7. The van der Waals surface area contributed by atoms with Crippen molar-refractivity contribution >= 4 is 0 Å². The smallest absolute Gasteiger partial charge is 0.313 e. The average Bonchev–Trinajstić information content (AvgIpc) is 2.96. The lowest BCUT2D eigenvalue weighted by Crippen LogP contribution is -2.51. The lowest BCUT2D eigenvalue weighted by molar-refractivity contribution is -0.154. The fourth-order valence-corrected chi connectivity index (χ4v) is 2.22. The van der Waals surface area contributed by atoms with E-state index in [4.69, 9.17) is 0 Å². The third-order valence-corrected chi connectivity index (χ3v) is 3.31. The van der Waals surface area contributed by atoms with Gasteiger partial charge in [0.1, 0.15) is 0 Å². The number of halogens is 3. The van der Waals surface area contributed by atoms with Gasteiger partial charge in [0.05, 0.1) is 6.54 Å². The summed E-state index contributed by atoms with van der Waals surface area (Å²) in [6.07, 6.45) is -2.30. The van der Waals surface area contributed by atoms with Crippen LogP contribution in [0.25, 0.3) is 0 Å². The van der Waals surface area contributed by atoms with Gasteiger partial charge in [0.15, 0.2) is 0 Å². The van der Waals surface area contributed by atoms with Crippen molar-refractivity contribution in [3.8, 4) is 0 Å². The highest BCUT2D eigenvalue weighted by Crippen LogP contribution is 2.33. The molecule has 1 fully saturated rings. The lowest BCUT2D eigenvalue weighted by Gasteiger charge is -2.35. The molecule has 1 N–H and O–H groups in total. The van der Waals surface area contributed by atoms with Gasteiger partial charge in [0, 0.05) is 24.7 Å².